The average Bonchev–Trinajstić information content (AvgIpc) is 3.54. The first kappa shape index (κ1) is 27.3. The molecule has 2 aliphatic rings. The normalized spacial score (nSPS) is 23.6. The Hall–Kier alpha value is -2.83. The first-order valence-electron chi connectivity index (χ1n) is 14.3. The van der Waals surface area contributed by atoms with Crippen molar-refractivity contribution >= 4 is 43.0 Å². The van der Waals surface area contributed by atoms with E-state index in [0.717, 1.165) is 25.2 Å². The molecule has 2 fully saturated rings. The third kappa shape index (κ3) is 5.94. The standard InChI is InChI=1S/C35H36O3P2/c36-34(37)23-38-35-30-21-22-31(35)33(25-40(28-17-9-3-10-18-28)29-19-11-4-12-20-29)32(30)24-39(26-13-5-1-6-14-26)27-15-7-2-8-16-27/h1-20,30-33,35H,21-25H2,(H,36,37)/t30-,31+,32-,33-,35?/m0/s1. The van der Waals surface area contributed by atoms with Gasteiger partial charge in [-0.05, 0) is 85.9 Å². The van der Waals surface area contributed by atoms with Crippen molar-refractivity contribution in [1.29, 1.82) is 0 Å². The number of carboxylic acids is 1. The molecular formula is C35H36O3P2. The van der Waals surface area contributed by atoms with Crippen LogP contribution in [0, 0.1) is 23.7 Å². The Morgan fingerprint density at radius 2 is 0.925 bits per heavy atom. The highest BCUT2D eigenvalue weighted by Crippen LogP contribution is 2.59. The van der Waals surface area contributed by atoms with Crippen LogP contribution in [0.2, 0.25) is 0 Å². The van der Waals surface area contributed by atoms with Crippen LogP contribution >= 0.6 is 15.8 Å². The Morgan fingerprint density at radius 3 is 1.23 bits per heavy atom. The molecule has 1 unspecified atom stereocenters. The number of carbonyl (C=O) groups is 1. The Morgan fingerprint density at radius 1 is 0.600 bits per heavy atom. The first-order chi connectivity index (χ1) is 19.7. The largest absolute Gasteiger partial charge is 0.480 e. The first-order valence-corrected chi connectivity index (χ1v) is 17.3. The second kappa shape index (κ2) is 12.8. The van der Waals surface area contributed by atoms with Crippen LogP contribution in [-0.2, 0) is 9.53 Å². The Bertz CT molecular complexity index is 1190. The second-order valence-electron chi connectivity index (χ2n) is 11.0. The topological polar surface area (TPSA) is 46.5 Å². The van der Waals surface area contributed by atoms with Crippen LogP contribution < -0.4 is 21.2 Å². The van der Waals surface area contributed by atoms with Gasteiger partial charge < -0.3 is 9.84 Å². The van der Waals surface area contributed by atoms with Gasteiger partial charge in [-0.1, -0.05) is 121 Å². The van der Waals surface area contributed by atoms with E-state index in [4.69, 9.17) is 4.74 Å². The van der Waals surface area contributed by atoms with Gasteiger partial charge in [-0.25, -0.2) is 4.79 Å². The minimum Gasteiger partial charge on any atom is -0.480 e. The molecule has 204 valence electrons. The summed E-state index contributed by atoms with van der Waals surface area (Å²) >= 11 is 0. The van der Waals surface area contributed by atoms with E-state index in [-0.39, 0.29) is 12.7 Å². The zero-order chi connectivity index (χ0) is 27.3. The van der Waals surface area contributed by atoms with E-state index in [1.807, 2.05) is 0 Å². The van der Waals surface area contributed by atoms with Crippen LogP contribution in [0.25, 0.3) is 0 Å². The molecular weight excluding hydrogens is 530 g/mol. The SMILES string of the molecule is O=C(O)COC1[C@H]2CC[C@@H]1[C@H](CP(c1ccccc1)c1ccccc1)[C@H]2CP(c1ccccc1)c1ccccc1. The summed E-state index contributed by atoms with van der Waals surface area (Å²) in [5, 5.41) is 15.1. The highest BCUT2D eigenvalue weighted by molar-refractivity contribution is 7.73. The lowest BCUT2D eigenvalue weighted by molar-refractivity contribution is -0.145. The molecule has 3 nitrogen and oxygen atoms in total. The van der Waals surface area contributed by atoms with Crippen molar-refractivity contribution in [1.82, 2.24) is 0 Å². The number of fused-ring (bicyclic) bond motifs is 2. The van der Waals surface area contributed by atoms with Gasteiger partial charge in [0, 0.05) is 0 Å². The summed E-state index contributed by atoms with van der Waals surface area (Å²) in [4.78, 5) is 11.5. The van der Waals surface area contributed by atoms with E-state index in [1.165, 1.54) is 21.2 Å². The number of ether oxygens (including phenoxy) is 1. The van der Waals surface area contributed by atoms with Crippen molar-refractivity contribution < 1.29 is 14.6 Å². The Kier molecular flexibility index (Phi) is 8.74. The van der Waals surface area contributed by atoms with Crippen molar-refractivity contribution in [3.63, 3.8) is 0 Å². The lowest BCUT2D eigenvalue weighted by Gasteiger charge is -2.36. The van der Waals surface area contributed by atoms with Gasteiger partial charge >= 0.3 is 5.97 Å². The lowest BCUT2D eigenvalue weighted by Crippen LogP contribution is -2.32. The van der Waals surface area contributed by atoms with E-state index in [0.29, 0.717) is 23.7 Å². The fourth-order valence-corrected chi connectivity index (χ4v) is 12.6. The highest BCUT2D eigenvalue weighted by Gasteiger charge is 2.55. The molecule has 6 rings (SSSR count). The van der Waals surface area contributed by atoms with E-state index in [9.17, 15) is 9.90 Å². The van der Waals surface area contributed by atoms with E-state index in [2.05, 4.69) is 121 Å². The number of aliphatic carboxylic acids is 1. The van der Waals surface area contributed by atoms with Crippen molar-refractivity contribution in [2.24, 2.45) is 23.7 Å². The molecule has 0 heterocycles. The van der Waals surface area contributed by atoms with E-state index >= 15 is 0 Å². The molecule has 0 aliphatic heterocycles. The monoisotopic (exact) mass is 566 g/mol. The number of hydrogen-bond acceptors (Lipinski definition) is 2. The molecule has 4 aromatic rings. The summed E-state index contributed by atoms with van der Waals surface area (Å²) in [5.41, 5.74) is 0. The molecule has 0 amide bonds. The Balaban J connectivity index is 1.37. The maximum Gasteiger partial charge on any atom is 0.329 e. The summed E-state index contributed by atoms with van der Waals surface area (Å²) in [6, 6.07) is 44.0. The van der Waals surface area contributed by atoms with Gasteiger partial charge in [-0.15, -0.1) is 0 Å². The summed E-state index contributed by atoms with van der Waals surface area (Å²) < 4.78 is 6.21. The highest BCUT2D eigenvalue weighted by atomic mass is 31.1. The number of rotatable bonds is 11. The minimum absolute atomic E-state index is 0.0397. The molecule has 2 bridgehead atoms. The van der Waals surface area contributed by atoms with E-state index < -0.39 is 21.8 Å². The van der Waals surface area contributed by atoms with Crippen molar-refractivity contribution in [3.05, 3.63) is 121 Å². The third-order valence-electron chi connectivity index (χ3n) is 8.78. The fraction of sp³-hybridized carbons (Fsp3) is 0.286. The lowest BCUT2D eigenvalue weighted by atomic mass is 9.81. The molecule has 5 heteroatoms. The zero-order valence-electron chi connectivity index (χ0n) is 22.6. The predicted molar refractivity (Wildman–Crippen MR) is 168 cm³/mol. The summed E-state index contributed by atoms with van der Waals surface area (Å²) in [5.74, 6) is 0.958. The molecule has 0 spiro atoms. The van der Waals surface area contributed by atoms with Gasteiger partial charge in [0.25, 0.3) is 0 Å². The maximum absolute atomic E-state index is 11.5. The second-order valence-corrected chi connectivity index (χ2v) is 15.5. The summed E-state index contributed by atoms with van der Waals surface area (Å²) in [6.07, 6.45) is 4.55. The maximum atomic E-state index is 11.5. The number of benzene rings is 4. The number of hydrogen-bond donors (Lipinski definition) is 1. The van der Waals surface area contributed by atoms with Crippen LogP contribution in [-0.4, -0.2) is 36.1 Å². The van der Waals surface area contributed by atoms with Gasteiger partial charge in [0.05, 0.1) is 6.10 Å². The molecule has 4 aromatic carbocycles. The number of carboxylic acid groups (broad SMARTS) is 1. The van der Waals surface area contributed by atoms with Crippen LogP contribution in [0.3, 0.4) is 0 Å². The van der Waals surface area contributed by atoms with E-state index in [1.54, 1.807) is 0 Å². The molecule has 5 atom stereocenters. The molecule has 2 aliphatic carbocycles. The van der Waals surface area contributed by atoms with Gasteiger partial charge in [-0.2, -0.15) is 0 Å². The predicted octanol–water partition coefficient (Wildman–Crippen LogP) is 5.99. The average molecular weight is 567 g/mol. The third-order valence-corrected chi connectivity index (χ3v) is 14.0. The van der Waals surface area contributed by atoms with Crippen molar-refractivity contribution in [2.75, 3.05) is 18.9 Å². The van der Waals surface area contributed by atoms with Gasteiger partial charge in [0.2, 0.25) is 0 Å². The summed E-state index contributed by atoms with van der Waals surface area (Å²) in [7, 11) is -1.08. The fourth-order valence-electron chi connectivity index (χ4n) is 7.11. The van der Waals surface area contributed by atoms with Crippen LogP contribution in [0.15, 0.2) is 121 Å². The molecule has 40 heavy (non-hydrogen) atoms. The quantitative estimate of drug-likeness (QED) is 0.227. The molecule has 0 radical (unpaired) electrons. The van der Waals surface area contributed by atoms with Gasteiger partial charge in [0.1, 0.15) is 6.61 Å². The molecule has 0 aromatic heterocycles. The smallest absolute Gasteiger partial charge is 0.329 e. The van der Waals surface area contributed by atoms with Crippen LogP contribution in [0.5, 0.6) is 0 Å². The van der Waals surface area contributed by atoms with Crippen LogP contribution in [0.4, 0.5) is 0 Å². The van der Waals surface area contributed by atoms with Crippen molar-refractivity contribution in [3.8, 4) is 0 Å². The molecule has 1 N–H and O–H groups in total. The zero-order valence-corrected chi connectivity index (χ0v) is 24.4. The van der Waals surface area contributed by atoms with Crippen LogP contribution in [0.1, 0.15) is 12.8 Å². The van der Waals surface area contributed by atoms with Gasteiger partial charge in [0.15, 0.2) is 0 Å². The van der Waals surface area contributed by atoms with Gasteiger partial charge in [-0.3, -0.25) is 0 Å². The molecule has 2 saturated carbocycles. The molecule has 0 saturated heterocycles. The minimum atomic E-state index is -0.869. The Labute approximate surface area is 240 Å². The summed E-state index contributed by atoms with van der Waals surface area (Å²) in [6.45, 7) is -0.199. The van der Waals surface area contributed by atoms with Crippen molar-refractivity contribution in [2.45, 2.75) is 18.9 Å².